The van der Waals surface area contributed by atoms with Crippen LogP contribution in [-0.2, 0) is 14.2 Å². The highest BCUT2D eigenvalue weighted by Gasteiger charge is 2.49. The van der Waals surface area contributed by atoms with Gasteiger partial charge < -0.3 is 50.0 Å². The van der Waals surface area contributed by atoms with Crippen molar-refractivity contribution in [1.82, 2.24) is 0 Å². The molecule has 2 heterocycles. The minimum absolute atomic E-state index is 0.684. The van der Waals surface area contributed by atoms with Gasteiger partial charge in [-0.05, 0) is 5.53 Å². The van der Waals surface area contributed by atoms with Gasteiger partial charge in [0.15, 0.2) is 12.6 Å². The lowest BCUT2D eigenvalue weighted by molar-refractivity contribution is -0.361. The van der Waals surface area contributed by atoms with E-state index in [2.05, 4.69) is 10.0 Å². The van der Waals surface area contributed by atoms with Crippen LogP contribution in [-0.4, -0.2) is 110 Å². The molecule has 7 N–H and O–H groups in total. The fraction of sp³-hybridized carbons (Fsp3) is 1.00. The molecule has 0 aliphatic carbocycles. The highest BCUT2D eigenvalue weighted by atomic mass is 16.8. The number of hydrogen-bond acceptors (Lipinski definition) is 11. The maximum absolute atomic E-state index is 10.0. The van der Waals surface area contributed by atoms with E-state index in [1.165, 1.54) is 0 Å². The van der Waals surface area contributed by atoms with Gasteiger partial charge in [-0.3, -0.25) is 0 Å². The molecule has 0 bridgehead atoms. The van der Waals surface area contributed by atoms with E-state index in [-0.39, 0.29) is 0 Å². The summed E-state index contributed by atoms with van der Waals surface area (Å²) in [7, 11) is 0. The van der Waals surface area contributed by atoms with Crippen molar-refractivity contribution in [3.63, 3.8) is 0 Å². The fourth-order valence-corrected chi connectivity index (χ4v) is 2.67. The van der Waals surface area contributed by atoms with Gasteiger partial charge in [-0.15, -0.1) is 0 Å². The van der Waals surface area contributed by atoms with Crippen molar-refractivity contribution >= 4 is 0 Å². The molecule has 2 saturated heterocycles. The molecular weight excluding hydrogens is 346 g/mol. The molecule has 10 atom stereocenters. The summed E-state index contributed by atoms with van der Waals surface area (Å²) < 4.78 is 15.6. The van der Waals surface area contributed by atoms with Gasteiger partial charge >= 0.3 is 0 Å². The van der Waals surface area contributed by atoms with Crippen LogP contribution in [0, 0.1) is 0 Å². The van der Waals surface area contributed by atoms with E-state index < -0.39 is 74.6 Å². The zero-order valence-electron chi connectivity index (χ0n) is 12.9. The van der Waals surface area contributed by atoms with Gasteiger partial charge in [0, 0.05) is 4.91 Å². The van der Waals surface area contributed by atoms with Crippen LogP contribution in [0.4, 0.5) is 0 Å². The summed E-state index contributed by atoms with van der Waals surface area (Å²) in [6.45, 7) is -1.37. The van der Waals surface area contributed by atoms with E-state index >= 15 is 0 Å². The second-order valence-electron chi connectivity index (χ2n) is 5.74. The van der Waals surface area contributed by atoms with Crippen LogP contribution in [0.15, 0.2) is 5.11 Å². The number of rotatable bonds is 5. The summed E-state index contributed by atoms with van der Waals surface area (Å²) in [6.07, 6.45) is -13.9. The van der Waals surface area contributed by atoms with Gasteiger partial charge in [-0.2, -0.15) is 0 Å². The average Bonchev–Trinajstić information content (AvgIpc) is 2.61. The summed E-state index contributed by atoms with van der Waals surface area (Å²) in [4.78, 5) is 2.51. The quantitative estimate of drug-likeness (QED) is 0.141. The monoisotopic (exact) mass is 367 g/mol. The van der Waals surface area contributed by atoms with E-state index in [0.717, 1.165) is 0 Å². The normalized spacial score (nSPS) is 48.0. The van der Waals surface area contributed by atoms with Crippen molar-refractivity contribution in [2.75, 3.05) is 13.2 Å². The molecule has 2 aliphatic rings. The molecule has 0 amide bonds. The standard InChI is InChI=1S/C12H21N3O10/c13-15-14-5-8(20)6(18)3(1-16)23-11(5)25-12-10(22)9(21)7(19)4(2-17)24-12/h3-12,16-22H,1-2H2/t3?,4?,5?,6-,7-,8?,9?,10?,11-,12-/m1/s1. The molecule has 25 heavy (non-hydrogen) atoms. The van der Waals surface area contributed by atoms with Gasteiger partial charge in [0.25, 0.3) is 0 Å². The van der Waals surface area contributed by atoms with Crippen LogP contribution in [0.2, 0.25) is 0 Å². The molecule has 2 fully saturated rings. The average molecular weight is 367 g/mol. The number of hydrogen-bond donors (Lipinski definition) is 7. The second-order valence-corrected chi connectivity index (χ2v) is 5.74. The third-order valence-electron chi connectivity index (χ3n) is 4.15. The highest BCUT2D eigenvalue weighted by Crippen LogP contribution is 2.29. The number of azide groups is 1. The van der Waals surface area contributed by atoms with Crippen molar-refractivity contribution in [3.8, 4) is 0 Å². The number of nitrogens with zero attached hydrogens (tertiary/aromatic N) is 3. The summed E-state index contributed by atoms with van der Waals surface area (Å²) in [5.41, 5.74) is 8.60. The molecule has 0 radical (unpaired) electrons. The number of ether oxygens (including phenoxy) is 3. The predicted molar refractivity (Wildman–Crippen MR) is 75.5 cm³/mol. The molecule has 2 rings (SSSR count). The lowest BCUT2D eigenvalue weighted by atomic mass is 9.97. The summed E-state index contributed by atoms with van der Waals surface area (Å²) in [5, 5.41) is 70.8. The molecule has 0 saturated carbocycles. The molecule has 0 aromatic heterocycles. The van der Waals surface area contributed by atoms with Crippen molar-refractivity contribution in [2.45, 2.75) is 61.3 Å². The molecule has 13 nitrogen and oxygen atoms in total. The molecule has 6 unspecified atom stereocenters. The SMILES string of the molecule is [N-]=[N+]=NC1C(O)[C@H](O)C(CO)O[C@@H]1O[C@H]1OC(CO)[C@@H](O)C(O)C1O. The van der Waals surface area contributed by atoms with Crippen molar-refractivity contribution in [2.24, 2.45) is 5.11 Å². The number of aliphatic hydroxyl groups is 7. The molecule has 13 heteroatoms. The Morgan fingerprint density at radius 2 is 1.32 bits per heavy atom. The topological polar surface area (TPSA) is 218 Å². The Kier molecular flexibility index (Phi) is 6.90. The fourth-order valence-electron chi connectivity index (χ4n) is 2.67. The van der Waals surface area contributed by atoms with E-state index in [1.54, 1.807) is 0 Å². The van der Waals surface area contributed by atoms with E-state index in [4.69, 9.17) is 24.8 Å². The Labute approximate surface area is 141 Å². The smallest absolute Gasteiger partial charge is 0.189 e. The first-order valence-electron chi connectivity index (χ1n) is 7.48. The molecule has 0 spiro atoms. The summed E-state index contributed by atoms with van der Waals surface area (Å²) >= 11 is 0. The lowest BCUT2D eigenvalue weighted by Gasteiger charge is -2.44. The maximum Gasteiger partial charge on any atom is 0.189 e. The van der Waals surface area contributed by atoms with Gasteiger partial charge in [0.1, 0.15) is 42.7 Å². The van der Waals surface area contributed by atoms with Crippen molar-refractivity contribution in [1.29, 1.82) is 0 Å². The molecule has 0 aromatic carbocycles. The van der Waals surface area contributed by atoms with Crippen LogP contribution < -0.4 is 0 Å². The third kappa shape index (κ3) is 4.02. The van der Waals surface area contributed by atoms with Gasteiger partial charge in [-0.1, -0.05) is 5.11 Å². The van der Waals surface area contributed by atoms with E-state index in [0.29, 0.717) is 0 Å². The van der Waals surface area contributed by atoms with Crippen LogP contribution in [0.3, 0.4) is 0 Å². The van der Waals surface area contributed by atoms with E-state index in [1.807, 2.05) is 0 Å². The van der Waals surface area contributed by atoms with Crippen molar-refractivity contribution in [3.05, 3.63) is 10.4 Å². The Balaban J connectivity index is 2.18. The minimum Gasteiger partial charge on any atom is -0.394 e. The van der Waals surface area contributed by atoms with Crippen LogP contribution in [0.25, 0.3) is 10.4 Å². The molecular formula is C12H21N3O10. The Bertz CT molecular complexity index is 490. The molecule has 0 aromatic rings. The molecule has 144 valence electrons. The largest absolute Gasteiger partial charge is 0.394 e. The van der Waals surface area contributed by atoms with Crippen LogP contribution >= 0.6 is 0 Å². The maximum atomic E-state index is 10.0. The first kappa shape index (κ1) is 20.2. The third-order valence-corrected chi connectivity index (χ3v) is 4.15. The highest BCUT2D eigenvalue weighted by molar-refractivity contribution is 4.95. The number of aliphatic hydroxyl groups excluding tert-OH is 7. The first-order valence-corrected chi connectivity index (χ1v) is 7.48. The van der Waals surface area contributed by atoms with Crippen LogP contribution in [0.1, 0.15) is 0 Å². The van der Waals surface area contributed by atoms with Gasteiger partial charge in [0.2, 0.25) is 0 Å². The summed E-state index contributed by atoms with van der Waals surface area (Å²) in [6, 6.07) is -1.45. The zero-order valence-corrected chi connectivity index (χ0v) is 12.9. The Morgan fingerprint density at radius 1 is 0.800 bits per heavy atom. The van der Waals surface area contributed by atoms with E-state index in [9.17, 15) is 30.6 Å². The molecule has 2 aliphatic heterocycles. The van der Waals surface area contributed by atoms with Gasteiger partial charge in [-0.25, -0.2) is 0 Å². The lowest BCUT2D eigenvalue weighted by Crippen LogP contribution is -2.63. The summed E-state index contributed by atoms with van der Waals surface area (Å²) in [5.74, 6) is 0. The predicted octanol–water partition coefficient (Wildman–Crippen LogP) is -4.08. The minimum atomic E-state index is -1.75. The Morgan fingerprint density at radius 3 is 1.84 bits per heavy atom. The van der Waals surface area contributed by atoms with Crippen LogP contribution in [0.5, 0.6) is 0 Å². The first-order chi connectivity index (χ1) is 11.8. The van der Waals surface area contributed by atoms with Crippen molar-refractivity contribution < 1.29 is 50.0 Å². The zero-order chi connectivity index (χ0) is 18.7. The van der Waals surface area contributed by atoms with Gasteiger partial charge in [0.05, 0.1) is 19.3 Å². The second kappa shape index (κ2) is 8.53. The Hall–Kier alpha value is -1.09.